The van der Waals surface area contributed by atoms with Crippen LogP contribution in [0.25, 0.3) is 22.2 Å². The van der Waals surface area contributed by atoms with Crippen LogP contribution in [-0.2, 0) is 0 Å². The molecule has 1 heterocycles. The Hall–Kier alpha value is -2.00. The van der Waals surface area contributed by atoms with Gasteiger partial charge in [0.15, 0.2) is 0 Å². The van der Waals surface area contributed by atoms with Gasteiger partial charge in [-0.2, -0.15) is 5.10 Å². The summed E-state index contributed by atoms with van der Waals surface area (Å²) in [5.74, 6) is 0. The fourth-order valence-electron chi connectivity index (χ4n) is 2.13. The van der Waals surface area contributed by atoms with Crippen LogP contribution >= 0.6 is 11.6 Å². The average molecular weight is 258 g/mol. The van der Waals surface area contributed by atoms with Crippen LogP contribution in [0.4, 0.5) is 5.69 Å². The van der Waals surface area contributed by atoms with Crippen molar-refractivity contribution in [1.29, 1.82) is 0 Å². The summed E-state index contributed by atoms with van der Waals surface area (Å²) in [7, 11) is 0. The molecule has 90 valence electrons. The Balaban J connectivity index is 2.33. The first-order valence-electron chi connectivity index (χ1n) is 5.66. The lowest BCUT2D eigenvalue weighted by atomic mass is 10.0. The molecular formula is C14H12ClN3. The first-order chi connectivity index (χ1) is 8.68. The number of hydrogen-bond acceptors (Lipinski definition) is 2. The predicted molar refractivity (Wildman–Crippen MR) is 75.7 cm³/mol. The molecule has 0 radical (unpaired) electrons. The summed E-state index contributed by atoms with van der Waals surface area (Å²) in [6.07, 6.45) is 0. The first kappa shape index (κ1) is 11.1. The molecule has 0 aliphatic heterocycles. The number of aromatic amines is 1. The van der Waals surface area contributed by atoms with E-state index in [0.29, 0.717) is 5.69 Å². The number of benzene rings is 2. The molecule has 0 amide bonds. The smallest absolute Gasteiger partial charge is 0.100 e. The second kappa shape index (κ2) is 4.03. The van der Waals surface area contributed by atoms with E-state index in [9.17, 15) is 0 Å². The number of rotatable bonds is 1. The van der Waals surface area contributed by atoms with Crippen molar-refractivity contribution >= 4 is 28.2 Å². The highest BCUT2D eigenvalue weighted by atomic mass is 35.5. The summed E-state index contributed by atoms with van der Waals surface area (Å²) in [6, 6.07) is 11.6. The fraction of sp³-hybridized carbons (Fsp3) is 0.0714. The molecule has 0 saturated carbocycles. The summed E-state index contributed by atoms with van der Waals surface area (Å²) in [6.45, 7) is 1.99. The molecule has 3 aromatic rings. The summed E-state index contributed by atoms with van der Waals surface area (Å²) in [4.78, 5) is 0. The van der Waals surface area contributed by atoms with Crippen LogP contribution in [0.15, 0.2) is 36.4 Å². The van der Waals surface area contributed by atoms with E-state index in [0.717, 1.165) is 32.7 Å². The number of nitrogen functional groups attached to an aromatic ring is 1. The van der Waals surface area contributed by atoms with Gasteiger partial charge in [0.05, 0.1) is 11.2 Å². The molecule has 0 bridgehead atoms. The molecule has 0 saturated heterocycles. The van der Waals surface area contributed by atoms with E-state index in [2.05, 4.69) is 10.2 Å². The molecule has 4 heteroatoms. The number of aromatic nitrogens is 2. The molecule has 0 aliphatic carbocycles. The normalized spacial score (nSPS) is 11.0. The Morgan fingerprint density at radius 3 is 2.78 bits per heavy atom. The number of fused-ring (bicyclic) bond motifs is 1. The number of anilines is 1. The monoisotopic (exact) mass is 257 g/mol. The molecule has 3 N–H and O–H groups in total. The van der Waals surface area contributed by atoms with Gasteiger partial charge in [0.2, 0.25) is 0 Å². The molecular weight excluding hydrogens is 246 g/mol. The zero-order valence-corrected chi connectivity index (χ0v) is 10.6. The van der Waals surface area contributed by atoms with E-state index in [1.165, 1.54) is 0 Å². The topological polar surface area (TPSA) is 54.7 Å². The third kappa shape index (κ3) is 1.56. The summed E-state index contributed by atoms with van der Waals surface area (Å²) in [5.41, 5.74) is 10.4. The SMILES string of the molecule is Cc1c(Cl)cccc1-c1n[nH]c2c(N)cccc12. The zero-order valence-electron chi connectivity index (χ0n) is 9.87. The van der Waals surface area contributed by atoms with Gasteiger partial charge in [-0.15, -0.1) is 0 Å². The highest BCUT2D eigenvalue weighted by molar-refractivity contribution is 6.31. The number of nitrogens with two attached hydrogens (primary N) is 1. The average Bonchev–Trinajstić information content (AvgIpc) is 2.78. The molecule has 18 heavy (non-hydrogen) atoms. The minimum Gasteiger partial charge on any atom is -0.397 e. The lowest BCUT2D eigenvalue weighted by Crippen LogP contribution is -1.86. The Morgan fingerprint density at radius 2 is 1.94 bits per heavy atom. The van der Waals surface area contributed by atoms with Gasteiger partial charge < -0.3 is 5.73 Å². The van der Waals surface area contributed by atoms with Crippen molar-refractivity contribution in [3.05, 3.63) is 47.0 Å². The third-order valence-electron chi connectivity index (χ3n) is 3.15. The van der Waals surface area contributed by atoms with Gasteiger partial charge in [0.1, 0.15) is 5.69 Å². The van der Waals surface area contributed by atoms with E-state index in [1.807, 2.05) is 43.3 Å². The third-order valence-corrected chi connectivity index (χ3v) is 3.56. The van der Waals surface area contributed by atoms with Crippen LogP contribution in [0, 0.1) is 6.92 Å². The van der Waals surface area contributed by atoms with E-state index in [4.69, 9.17) is 17.3 Å². The second-order valence-electron chi connectivity index (χ2n) is 4.25. The zero-order chi connectivity index (χ0) is 12.7. The second-order valence-corrected chi connectivity index (χ2v) is 4.66. The largest absolute Gasteiger partial charge is 0.397 e. The van der Waals surface area contributed by atoms with Gasteiger partial charge in [-0.1, -0.05) is 35.9 Å². The highest BCUT2D eigenvalue weighted by Gasteiger charge is 2.12. The van der Waals surface area contributed by atoms with Crippen LogP contribution in [0.1, 0.15) is 5.56 Å². The van der Waals surface area contributed by atoms with Crippen LogP contribution < -0.4 is 5.73 Å². The maximum absolute atomic E-state index is 6.15. The lowest BCUT2D eigenvalue weighted by Gasteiger charge is -2.05. The van der Waals surface area contributed by atoms with Crippen molar-refractivity contribution in [2.24, 2.45) is 0 Å². The van der Waals surface area contributed by atoms with Crippen molar-refractivity contribution in [2.75, 3.05) is 5.73 Å². The Kier molecular flexibility index (Phi) is 2.49. The molecule has 2 aromatic carbocycles. The van der Waals surface area contributed by atoms with E-state index in [-0.39, 0.29) is 0 Å². The lowest BCUT2D eigenvalue weighted by molar-refractivity contribution is 1.12. The number of nitrogens with zero attached hydrogens (tertiary/aromatic N) is 1. The molecule has 0 spiro atoms. The molecule has 3 nitrogen and oxygen atoms in total. The van der Waals surface area contributed by atoms with Crippen molar-refractivity contribution in [3.63, 3.8) is 0 Å². The van der Waals surface area contributed by atoms with Gasteiger partial charge in [0, 0.05) is 16.0 Å². The summed E-state index contributed by atoms with van der Waals surface area (Å²) < 4.78 is 0. The van der Waals surface area contributed by atoms with Crippen molar-refractivity contribution < 1.29 is 0 Å². The van der Waals surface area contributed by atoms with E-state index >= 15 is 0 Å². The number of H-pyrrole nitrogens is 1. The van der Waals surface area contributed by atoms with Gasteiger partial charge in [0.25, 0.3) is 0 Å². The fourth-order valence-corrected chi connectivity index (χ4v) is 2.31. The van der Waals surface area contributed by atoms with Crippen LogP contribution in [0.5, 0.6) is 0 Å². The Labute approximate surface area is 110 Å². The molecule has 0 atom stereocenters. The summed E-state index contributed by atoms with van der Waals surface area (Å²) >= 11 is 6.15. The summed E-state index contributed by atoms with van der Waals surface area (Å²) in [5, 5.41) is 9.11. The number of halogens is 1. The van der Waals surface area contributed by atoms with Gasteiger partial charge >= 0.3 is 0 Å². The van der Waals surface area contributed by atoms with E-state index in [1.54, 1.807) is 0 Å². The minimum absolute atomic E-state index is 0.700. The maximum atomic E-state index is 6.15. The Bertz CT molecular complexity index is 731. The minimum atomic E-state index is 0.700. The number of nitrogens with one attached hydrogen (secondary N) is 1. The standard InChI is InChI=1S/C14H12ClN3/c1-8-9(4-2-6-11(8)15)13-10-5-3-7-12(16)14(10)18-17-13/h2-7H,16H2,1H3,(H,17,18). The molecule has 0 aliphatic rings. The molecule has 0 fully saturated rings. The van der Waals surface area contributed by atoms with Crippen molar-refractivity contribution in [2.45, 2.75) is 6.92 Å². The van der Waals surface area contributed by atoms with Crippen LogP contribution in [0.2, 0.25) is 5.02 Å². The molecule has 3 rings (SSSR count). The van der Waals surface area contributed by atoms with Crippen LogP contribution in [0.3, 0.4) is 0 Å². The van der Waals surface area contributed by atoms with Crippen molar-refractivity contribution in [3.8, 4) is 11.3 Å². The van der Waals surface area contributed by atoms with Gasteiger partial charge in [-0.25, -0.2) is 0 Å². The Morgan fingerprint density at radius 1 is 1.17 bits per heavy atom. The van der Waals surface area contributed by atoms with Crippen molar-refractivity contribution in [1.82, 2.24) is 10.2 Å². The molecule has 1 aromatic heterocycles. The first-order valence-corrected chi connectivity index (χ1v) is 6.04. The van der Waals surface area contributed by atoms with Gasteiger partial charge in [-0.3, -0.25) is 5.10 Å². The molecule has 0 unspecified atom stereocenters. The van der Waals surface area contributed by atoms with Gasteiger partial charge in [-0.05, 0) is 24.6 Å². The number of hydrogen-bond donors (Lipinski definition) is 2. The van der Waals surface area contributed by atoms with E-state index < -0.39 is 0 Å². The predicted octanol–water partition coefficient (Wildman–Crippen LogP) is 3.77. The maximum Gasteiger partial charge on any atom is 0.100 e. The highest BCUT2D eigenvalue weighted by Crippen LogP contribution is 2.33. The van der Waals surface area contributed by atoms with Crippen LogP contribution in [-0.4, -0.2) is 10.2 Å². The number of para-hydroxylation sites is 1. The quantitative estimate of drug-likeness (QED) is 0.652.